The molecule has 1 aliphatic rings. The number of methoxy groups -OCH3 is 1. The zero-order chi connectivity index (χ0) is 30.7. The van der Waals surface area contributed by atoms with Crippen molar-refractivity contribution in [1.29, 1.82) is 0 Å². The average Bonchev–Trinajstić information content (AvgIpc) is 2.93. The van der Waals surface area contributed by atoms with Gasteiger partial charge in [-0.3, -0.25) is 14.6 Å². The van der Waals surface area contributed by atoms with Gasteiger partial charge in [-0.2, -0.15) is 26.3 Å². The predicted molar refractivity (Wildman–Crippen MR) is 140 cm³/mol. The molecule has 0 radical (unpaired) electrons. The Kier molecular flexibility index (Phi) is 8.97. The first kappa shape index (κ1) is 30.7. The number of benzene rings is 2. The lowest BCUT2D eigenvalue weighted by Crippen LogP contribution is -2.37. The van der Waals surface area contributed by atoms with Crippen LogP contribution in [-0.2, 0) is 36.8 Å². The van der Waals surface area contributed by atoms with E-state index in [9.17, 15) is 35.9 Å². The molecule has 42 heavy (non-hydrogen) atoms. The number of rotatable bonds is 9. The second-order valence-corrected chi connectivity index (χ2v) is 9.61. The number of aromatic nitrogens is 1. The molecule has 0 atom stereocenters. The predicted octanol–water partition coefficient (Wildman–Crippen LogP) is 5.99. The number of aryl methyl sites for hydroxylation is 1. The number of carbonyl (C=O) groups is 2. The van der Waals surface area contributed by atoms with Gasteiger partial charge in [-0.25, -0.2) is 0 Å². The van der Waals surface area contributed by atoms with Crippen molar-refractivity contribution < 1.29 is 45.4 Å². The van der Waals surface area contributed by atoms with Crippen LogP contribution in [0.3, 0.4) is 0 Å². The zero-order valence-electron chi connectivity index (χ0n) is 22.7. The van der Waals surface area contributed by atoms with E-state index in [1.807, 2.05) is 19.1 Å². The van der Waals surface area contributed by atoms with Gasteiger partial charge >= 0.3 is 18.3 Å². The van der Waals surface area contributed by atoms with Crippen LogP contribution in [-0.4, -0.2) is 48.1 Å². The highest BCUT2D eigenvalue weighted by Crippen LogP contribution is 2.36. The van der Waals surface area contributed by atoms with Gasteiger partial charge in [0.1, 0.15) is 11.5 Å². The maximum Gasteiger partial charge on any atom is 0.471 e. The molecule has 1 aliphatic heterocycles. The number of amides is 2. The smallest absolute Gasteiger partial charge is 0.471 e. The van der Waals surface area contributed by atoms with Gasteiger partial charge in [0.25, 0.3) is 5.91 Å². The first-order chi connectivity index (χ1) is 19.8. The fourth-order valence-electron chi connectivity index (χ4n) is 4.50. The Hall–Kier alpha value is -4.29. The molecule has 0 fully saturated rings. The minimum atomic E-state index is -5.30. The van der Waals surface area contributed by atoms with Crippen molar-refractivity contribution in [2.45, 2.75) is 45.1 Å². The lowest BCUT2D eigenvalue weighted by molar-refractivity contribution is -0.167. The monoisotopic (exact) mass is 595 g/mol. The SMILES string of the molecule is CCc1ccc(CCOc2cc(OC)cc3c2C(=O)N(Cc2cc(NC(=O)C(F)(F)F)cc(C(F)(F)F)c2)CC3)nc1. The standard InChI is InChI=1S/C29H27F6N3O4/c1-3-17-4-5-21(36-15-17)7-9-42-24-14-23(41-2)12-19-6-8-38(26(39)25(19)24)16-18-10-20(28(30,31)32)13-22(11-18)37-27(40)29(33,34)35/h4-5,10-15H,3,6-9,16H2,1-2H3,(H,37,40). The van der Waals surface area contributed by atoms with Gasteiger partial charge in [0.15, 0.2) is 0 Å². The molecule has 2 heterocycles. The summed E-state index contributed by atoms with van der Waals surface area (Å²) in [5, 5.41) is 1.46. The van der Waals surface area contributed by atoms with Crippen molar-refractivity contribution >= 4 is 17.5 Å². The fraction of sp³-hybridized carbons (Fsp3) is 0.345. The van der Waals surface area contributed by atoms with Gasteiger partial charge in [-0.15, -0.1) is 0 Å². The van der Waals surface area contributed by atoms with Gasteiger partial charge in [0.05, 0.1) is 24.8 Å². The quantitative estimate of drug-likeness (QED) is 0.308. The number of alkyl halides is 6. The highest BCUT2D eigenvalue weighted by Gasteiger charge is 2.39. The number of halogens is 6. The van der Waals surface area contributed by atoms with Crippen LogP contribution in [0.15, 0.2) is 48.7 Å². The molecule has 1 N–H and O–H groups in total. The van der Waals surface area contributed by atoms with Crippen LogP contribution in [0, 0.1) is 0 Å². The summed E-state index contributed by atoms with van der Waals surface area (Å²) in [6, 6.07) is 9.18. The van der Waals surface area contributed by atoms with Crippen molar-refractivity contribution in [2.75, 3.05) is 25.6 Å². The Balaban J connectivity index is 1.57. The molecule has 0 saturated heterocycles. The summed E-state index contributed by atoms with van der Waals surface area (Å²) in [4.78, 5) is 30.6. The number of hydrogen-bond donors (Lipinski definition) is 1. The lowest BCUT2D eigenvalue weighted by atomic mass is 9.96. The minimum absolute atomic E-state index is 0.114. The molecular weight excluding hydrogens is 568 g/mol. The highest BCUT2D eigenvalue weighted by atomic mass is 19.4. The number of anilines is 1. The molecule has 0 spiro atoms. The number of fused-ring (bicyclic) bond motifs is 1. The van der Waals surface area contributed by atoms with E-state index >= 15 is 0 Å². The Morgan fingerprint density at radius 3 is 2.43 bits per heavy atom. The maximum atomic E-state index is 13.6. The van der Waals surface area contributed by atoms with Crippen molar-refractivity contribution in [2.24, 2.45) is 0 Å². The molecule has 0 bridgehead atoms. The summed E-state index contributed by atoms with van der Waals surface area (Å²) in [7, 11) is 1.46. The molecule has 0 aliphatic carbocycles. The van der Waals surface area contributed by atoms with E-state index in [0.717, 1.165) is 29.8 Å². The normalized spacial score (nSPS) is 13.5. The van der Waals surface area contributed by atoms with E-state index in [1.165, 1.54) is 17.3 Å². The third-order valence-corrected chi connectivity index (χ3v) is 6.66. The number of hydrogen-bond acceptors (Lipinski definition) is 5. The molecule has 7 nitrogen and oxygen atoms in total. The van der Waals surface area contributed by atoms with E-state index in [2.05, 4.69) is 4.98 Å². The number of ether oxygens (including phenoxy) is 2. The molecule has 2 amide bonds. The molecule has 0 unspecified atom stereocenters. The molecule has 13 heteroatoms. The Morgan fingerprint density at radius 2 is 1.81 bits per heavy atom. The van der Waals surface area contributed by atoms with Crippen LogP contribution in [0.25, 0.3) is 0 Å². The summed E-state index contributed by atoms with van der Waals surface area (Å²) in [5.74, 6) is -2.26. The summed E-state index contributed by atoms with van der Waals surface area (Å²) in [6.45, 7) is 1.97. The first-order valence-corrected chi connectivity index (χ1v) is 12.9. The molecule has 1 aromatic heterocycles. The number of carbonyl (C=O) groups excluding carboxylic acids is 2. The van der Waals surface area contributed by atoms with Crippen LogP contribution in [0.1, 0.15) is 45.2 Å². The van der Waals surface area contributed by atoms with Crippen LogP contribution < -0.4 is 14.8 Å². The van der Waals surface area contributed by atoms with Crippen molar-refractivity contribution in [3.63, 3.8) is 0 Å². The minimum Gasteiger partial charge on any atom is -0.497 e. The van der Waals surface area contributed by atoms with E-state index in [-0.39, 0.29) is 36.6 Å². The van der Waals surface area contributed by atoms with Crippen molar-refractivity contribution in [3.8, 4) is 11.5 Å². The van der Waals surface area contributed by atoms with Gasteiger partial charge in [-0.1, -0.05) is 13.0 Å². The van der Waals surface area contributed by atoms with Gasteiger partial charge in [0, 0.05) is 43.2 Å². The van der Waals surface area contributed by atoms with E-state index in [4.69, 9.17) is 9.47 Å². The topological polar surface area (TPSA) is 80.8 Å². The van der Waals surface area contributed by atoms with Gasteiger partial charge in [0.2, 0.25) is 0 Å². The molecule has 0 saturated carbocycles. The molecule has 224 valence electrons. The van der Waals surface area contributed by atoms with Crippen molar-refractivity contribution in [1.82, 2.24) is 9.88 Å². The lowest BCUT2D eigenvalue weighted by Gasteiger charge is -2.30. The summed E-state index contributed by atoms with van der Waals surface area (Å²) < 4.78 is 90.1. The second kappa shape index (κ2) is 12.3. The van der Waals surface area contributed by atoms with Crippen LogP contribution >= 0.6 is 0 Å². The van der Waals surface area contributed by atoms with Gasteiger partial charge in [-0.05, 0) is 59.9 Å². The highest BCUT2D eigenvalue weighted by molar-refractivity contribution is 6.00. The maximum absolute atomic E-state index is 13.6. The molecule has 4 rings (SSSR count). The molecular formula is C29H27F6N3O4. The number of pyridine rings is 1. The van der Waals surface area contributed by atoms with Crippen LogP contribution in [0.5, 0.6) is 11.5 Å². The van der Waals surface area contributed by atoms with Crippen LogP contribution in [0.4, 0.5) is 32.0 Å². The summed E-state index contributed by atoms with van der Waals surface area (Å²) in [5.41, 5.74) is 0.638. The molecule has 3 aromatic rings. The molecule has 2 aromatic carbocycles. The van der Waals surface area contributed by atoms with Gasteiger partial charge < -0.3 is 19.7 Å². The Labute approximate surface area is 237 Å². The largest absolute Gasteiger partial charge is 0.497 e. The summed E-state index contributed by atoms with van der Waals surface area (Å²) in [6.07, 6.45) is -6.81. The zero-order valence-corrected chi connectivity index (χ0v) is 22.7. The summed E-state index contributed by atoms with van der Waals surface area (Å²) >= 11 is 0. The average molecular weight is 596 g/mol. The third-order valence-electron chi connectivity index (χ3n) is 6.66. The van der Waals surface area contributed by atoms with E-state index in [1.54, 1.807) is 18.3 Å². The Bertz CT molecular complexity index is 1460. The Morgan fingerprint density at radius 1 is 1.05 bits per heavy atom. The fourth-order valence-corrected chi connectivity index (χ4v) is 4.50. The number of nitrogens with one attached hydrogen (secondary N) is 1. The van der Waals surface area contributed by atoms with Crippen molar-refractivity contribution in [3.05, 3.63) is 82.2 Å². The van der Waals surface area contributed by atoms with Crippen LogP contribution in [0.2, 0.25) is 0 Å². The number of nitrogens with zero attached hydrogens (tertiary/aromatic N) is 2. The third kappa shape index (κ3) is 7.31. The first-order valence-electron chi connectivity index (χ1n) is 12.9. The second-order valence-electron chi connectivity index (χ2n) is 9.61. The van der Waals surface area contributed by atoms with E-state index < -0.39 is 35.4 Å². The van der Waals surface area contributed by atoms with E-state index in [0.29, 0.717) is 30.2 Å².